The number of hydrogen-bond donors (Lipinski definition) is 0. The Morgan fingerprint density at radius 1 is 0.962 bits per heavy atom. The normalized spacial score (nSPS) is 18.6. The first kappa shape index (κ1) is 17.0. The van der Waals surface area contributed by atoms with Gasteiger partial charge < -0.3 is 19.6 Å². The Morgan fingerprint density at radius 3 is 2.27 bits per heavy atom. The summed E-state index contributed by atoms with van der Waals surface area (Å²) in [5.74, 6) is 2.68. The van der Waals surface area contributed by atoms with Gasteiger partial charge in [0.15, 0.2) is 0 Å². The Labute approximate surface area is 156 Å². The van der Waals surface area contributed by atoms with E-state index in [1.54, 1.807) is 11.2 Å². The quantitative estimate of drug-likeness (QED) is 0.756. The summed E-state index contributed by atoms with van der Waals surface area (Å²) in [4.78, 5) is 33.5. The van der Waals surface area contributed by atoms with E-state index in [0.717, 1.165) is 61.9 Å². The Kier molecular flexibility index (Phi) is 4.58. The fraction of sp³-hybridized carbons (Fsp3) is 0.562. The lowest BCUT2D eigenvalue weighted by atomic mass is 10.3. The SMILES string of the molecule is Cc1nsc(N2CCN(c3cc(N4CCN(C)C(=O)C4)ncn3)CC2)n1. The third-order valence-corrected chi connectivity index (χ3v) is 5.68. The highest BCUT2D eigenvalue weighted by Gasteiger charge is 2.24. The first-order chi connectivity index (χ1) is 12.6. The van der Waals surface area contributed by atoms with Crippen LogP contribution in [0.1, 0.15) is 5.82 Å². The van der Waals surface area contributed by atoms with Crippen molar-refractivity contribution in [2.75, 3.05) is 67.6 Å². The summed E-state index contributed by atoms with van der Waals surface area (Å²) < 4.78 is 4.26. The monoisotopic (exact) mass is 374 g/mol. The minimum absolute atomic E-state index is 0.123. The van der Waals surface area contributed by atoms with E-state index in [-0.39, 0.29) is 5.91 Å². The number of anilines is 3. The molecule has 138 valence electrons. The molecule has 0 unspecified atom stereocenters. The number of carbonyl (C=O) groups is 1. The molecule has 9 nitrogen and oxygen atoms in total. The Morgan fingerprint density at radius 2 is 1.62 bits per heavy atom. The molecule has 4 heterocycles. The zero-order valence-corrected chi connectivity index (χ0v) is 15.8. The summed E-state index contributed by atoms with van der Waals surface area (Å²) in [5, 5.41) is 0.987. The van der Waals surface area contributed by atoms with E-state index in [2.05, 4.69) is 29.1 Å². The molecule has 2 aromatic heterocycles. The highest BCUT2D eigenvalue weighted by atomic mass is 32.1. The molecule has 0 spiro atoms. The number of aryl methyl sites for hydroxylation is 1. The van der Waals surface area contributed by atoms with Crippen molar-refractivity contribution in [1.29, 1.82) is 0 Å². The minimum atomic E-state index is 0.123. The zero-order valence-electron chi connectivity index (χ0n) is 15.0. The predicted octanol–water partition coefficient (Wildman–Crippen LogP) is 0.242. The molecular weight excluding hydrogens is 352 g/mol. The van der Waals surface area contributed by atoms with Crippen molar-refractivity contribution in [3.63, 3.8) is 0 Å². The highest BCUT2D eigenvalue weighted by molar-refractivity contribution is 7.09. The van der Waals surface area contributed by atoms with Gasteiger partial charge in [-0.15, -0.1) is 0 Å². The van der Waals surface area contributed by atoms with Gasteiger partial charge in [0.2, 0.25) is 11.0 Å². The average Bonchev–Trinajstić information content (AvgIpc) is 3.11. The van der Waals surface area contributed by atoms with Gasteiger partial charge in [-0.2, -0.15) is 4.37 Å². The first-order valence-electron chi connectivity index (χ1n) is 8.71. The summed E-state index contributed by atoms with van der Waals surface area (Å²) in [6.07, 6.45) is 1.59. The largest absolute Gasteiger partial charge is 0.353 e. The molecule has 0 N–H and O–H groups in total. The van der Waals surface area contributed by atoms with Crippen LogP contribution in [-0.2, 0) is 4.79 Å². The number of likely N-dealkylation sites (N-methyl/N-ethyl adjacent to an activating group) is 1. The van der Waals surface area contributed by atoms with Gasteiger partial charge in [0, 0.05) is 63.9 Å². The molecule has 2 saturated heterocycles. The highest BCUT2D eigenvalue weighted by Crippen LogP contribution is 2.23. The van der Waals surface area contributed by atoms with Crippen LogP contribution in [0.25, 0.3) is 0 Å². The summed E-state index contributed by atoms with van der Waals surface area (Å²) in [6.45, 7) is 7.33. The smallest absolute Gasteiger partial charge is 0.241 e. The Balaban J connectivity index is 1.42. The van der Waals surface area contributed by atoms with Crippen LogP contribution >= 0.6 is 11.5 Å². The van der Waals surface area contributed by atoms with Crippen molar-refractivity contribution in [3.05, 3.63) is 18.2 Å². The second kappa shape index (κ2) is 7.02. The first-order valence-corrected chi connectivity index (χ1v) is 9.48. The molecule has 0 aromatic carbocycles. The molecule has 10 heteroatoms. The number of aromatic nitrogens is 4. The number of piperazine rings is 2. The van der Waals surface area contributed by atoms with Gasteiger partial charge in [-0.3, -0.25) is 4.79 Å². The molecule has 2 aliphatic rings. The van der Waals surface area contributed by atoms with Crippen LogP contribution in [0.4, 0.5) is 16.8 Å². The van der Waals surface area contributed by atoms with E-state index in [9.17, 15) is 4.79 Å². The third-order valence-electron chi connectivity index (χ3n) is 4.81. The predicted molar refractivity (Wildman–Crippen MR) is 101 cm³/mol. The maximum atomic E-state index is 12.0. The molecule has 4 rings (SSSR count). The Bertz CT molecular complexity index is 788. The molecule has 26 heavy (non-hydrogen) atoms. The lowest BCUT2D eigenvalue weighted by Crippen LogP contribution is -2.49. The van der Waals surface area contributed by atoms with Crippen molar-refractivity contribution < 1.29 is 4.79 Å². The van der Waals surface area contributed by atoms with Gasteiger partial charge >= 0.3 is 0 Å². The summed E-state index contributed by atoms with van der Waals surface area (Å²) in [7, 11) is 1.84. The molecule has 0 bridgehead atoms. The van der Waals surface area contributed by atoms with Gasteiger partial charge in [-0.05, 0) is 6.92 Å². The van der Waals surface area contributed by atoms with Crippen LogP contribution < -0.4 is 14.7 Å². The number of carbonyl (C=O) groups excluding carboxylic acids is 1. The fourth-order valence-corrected chi connectivity index (χ4v) is 3.90. The summed E-state index contributed by atoms with van der Waals surface area (Å²) in [6, 6.07) is 1.99. The summed E-state index contributed by atoms with van der Waals surface area (Å²) >= 11 is 1.45. The molecular formula is C16H22N8OS. The van der Waals surface area contributed by atoms with Crippen molar-refractivity contribution >= 4 is 34.2 Å². The van der Waals surface area contributed by atoms with Crippen LogP contribution in [0.2, 0.25) is 0 Å². The summed E-state index contributed by atoms with van der Waals surface area (Å²) in [5.41, 5.74) is 0. The van der Waals surface area contributed by atoms with Crippen molar-refractivity contribution in [3.8, 4) is 0 Å². The lowest BCUT2D eigenvalue weighted by Gasteiger charge is -2.36. The molecule has 0 aliphatic carbocycles. The van der Waals surface area contributed by atoms with Crippen molar-refractivity contribution in [1.82, 2.24) is 24.2 Å². The van der Waals surface area contributed by atoms with E-state index >= 15 is 0 Å². The van der Waals surface area contributed by atoms with Crippen molar-refractivity contribution in [2.45, 2.75) is 6.92 Å². The van der Waals surface area contributed by atoms with E-state index < -0.39 is 0 Å². The number of nitrogens with zero attached hydrogens (tertiary/aromatic N) is 8. The van der Waals surface area contributed by atoms with Crippen LogP contribution in [-0.4, -0.2) is 83.0 Å². The molecule has 0 atom stereocenters. The van der Waals surface area contributed by atoms with E-state index in [1.807, 2.05) is 24.9 Å². The second-order valence-corrected chi connectivity index (χ2v) is 7.30. The van der Waals surface area contributed by atoms with Crippen LogP contribution in [0, 0.1) is 6.92 Å². The number of hydrogen-bond acceptors (Lipinski definition) is 9. The third kappa shape index (κ3) is 3.41. The van der Waals surface area contributed by atoms with Gasteiger partial charge in [-0.1, -0.05) is 0 Å². The molecule has 2 aromatic rings. The van der Waals surface area contributed by atoms with Crippen molar-refractivity contribution in [2.24, 2.45) is 0 Å². The number of rotatable bonds is 3. The standard InChI is InChI=1S/C16H22N8OS/c1-12-19-16(26-20-12)23-7-5-22(6-8-23)13-9-14(18-11-17-13)24-4-3-21(2)15(25)10-24/h9,11H,3-8,10H2,1-2H3. The van der Waals surface area contributed by atoms with Crippen LogP contribution in [0.5, 0.6) is 0 Å². The molecule has 2 aliphatic heterocycles. The maximum absolute atomic E-state index is 12.0. The average molecular weight is 374 g/mol. The van der Waals surface area contributed by atoms with Gasteiger partial charge in [0.05, 0.1) is 6.54 Å². The zero-order chi connectivity index (χ0) is 18.1. The van der Waals surface area contributed by atoms with E-state index in [0.29, 0.717) is 6.54 Å². The van der Waals surface area contributed by atoms with Crippen LogP contribution in [0.3, 0.4) is 0 Å². The van der Waals surface area contributed by atoms with E-state index in [4.69, 9.17) is 0 Å². The Hall–Kier alpha value is -2.49. The molecule has 0 saturated carbocycles. The minimum Gasteiger partial charge on any atom is -0.353 e. The maximum Gasteiger partial charge on any atom is 0.241 e. The second-order valence-electron chi connectivity index (χ2n) is 6.57. The topological polar surface area (TPSA) is 81.6 Å². The van der Waals surface area contributed by atoms with Gasteiger partial charge in [0.1, 0.15) is 23.8 Å². The lowest BCUT2D eigenvalue weighted by molar-refractivity contribution is -0.129. The molecule has 2 fully saturated rings. The van der Waals surface area contributed by atoms with Gasteiger partial charge in [0.25, 0.3) is 0 Å². The van der Waals surface area contributed by atoms with Crippen LogP contribution in [0.15, 0.2) is 12.4 Å². The number of amides is 1. The molecule has 1 amide bonds. The molecule has 0 radical (unpaired) electrons. The van der Waals surface area contributed by atoms with E-state index in [1.165, 1.54) is 11.5 Å². The fourth-order valence-electron chi connectivity index (χ4n) is 3.18. The van der Waals surface area contributed by atoms with Gasteiger partial charge in [-0.25, -0.2) is 15.0 Å².